The molecule has 0 aliphatic carbocycles. The van der Waals surface area contributed by atoms with Crippen molar-refractivity contribution in [3.63, 3.8) is 0 Å². The molecule has 2 rings (SSSR count). The number of phenols is 1. The summed E-state index contributed by atoms with van der Waals surface area (Å²) in [5.41, 5.74) is 0.449. The Balaban J connectivity index is 1.74. The fourth-order valence-electron chi connectivity index (χ4n) is 1.83. The highest BCUT2D eigenvalue weighted by atomic mass is 19.1. The van der Waals surface area contributed by atoms with Crippen LogP contribution in [0.4, 0.5) is 13.6 Å². The predicted molar refractivity (Wildman–Crippen MR) is 84.1 cm³/mol. The van der Waals surface area contributed by atoms with Crippen molar-refractivity contribution in [1.29, 1.82) is 0 Å². The number of carbonyl (C=O) groups is 1. The molecule has 6 heteroatoms. The minimum Gasteiger partial charge on any atom is -0.508 e. The van der Waals surface area contributed by atoms with Crippen molar-refractivity contribution in [1.82, 2.24) is 5.32 Å². The molecule has 124 valence electrons. The van der Waals surface area contributed by atoms with E-state index < -0.39 is 29.0 Å². The molecule has 0 aliphatic heterocycles. The zero-order valence-corrected chi connectivity index (χ0v) is 12.7. The van der Waals surface area contributed by atoms with E-state index in [1.54, 1.807) is 0 Å². The van der Waals surface area contributed by atoms with Crippen molar-refractivity contribution in [2.75, 3.05) is 6.54 Å². The predicted octanol–water partition coefficient (Wildman–Crippen LogP) is 3.34. The highest BCUT2D eigenvalue weighted by molar-refractivity contribution is 5.67. The van der Waals surface area contributed by atoms with Gasteiger partial charge in [-0.15, -0.1) is 0 Å². The summed E-state index contributed by atoms with van der Waals surface area (Å²) in [5, 5.41) is 11.5. The fraction of sp³-hybridized carbons (Fsp3) is 0.167. The molecule has 0 saturated carbocycles. The van der Waals surface area contributed by atoms with Crippen molar-refractivity contribution >= 4 is 6.09 Å². The number of benzene rings is 2. The summed E-state index contributed by atoms with van der Waals surface area (Å²) in [6.07, 6.45) is -0.400. The first kappa shape index (κ1) is 17.3. The Morgan fingerprint density at radius 2 is 1.83 bits per heavy atom. The number of ether oxygens (including phenoxy) is 1. The topological polar surface area (TPSA) is 58.6 Å². The van der Waals surface area contributed by atoms with Gasteiger partial charge in [-0.3, -0.25) is 0 Å². The van der Waals surface area contributed by atoms with Gasteiger partial charge in [-0.2, -0.15) is 0 Å². The Bertz CT molecular complexity index is 744. The van der Waals surface area contributed by atoms with Gasteiger partial charge in [0.25, 0.3) is 0 Å². The maximum Gasteiger partial charge on any atom is 0.407 e. The fourth-order valence-corrected chi connectivity index (χ4v) is 1.83. The molecule has 2 aromatic carbocycles. The van der Waals surface area contributed by atoms with Gasteiger partial charge < -0.3 is 15.2 Å². The molecule has 0 aliphatic rings. The zero-order valence-electron chi connectivity index (χ0n) is 12.7. The van der Waals surface area contributed by atoms with Gasteiger partial charge in [0, 0.05) is 25.1 Å². The van der Waals surface area contributed by atoms with Crippen LogP contribution in [0.1, 0.15) is 17.5 Å². The van der Waals surface area contributed by atoms with Gasteiger partial charge in [0.15, 0.2) is 0 Å². The Hall–Kier alpha value is -3.07. The highest BCUT2D eigenvalue weighted by Crippen LogP contribution is 2.18. The molecule has 0 unspecified atom stereocenters. The molecular weight excluding hydrogens is 316 g/mol. The maximum atomic E-state index is 13.4. The van der Waals surface area contributed by atoms with Gasteiger partial charge in [0.2, 0.25) is 0 Å². The Kier molecular flexibility index (Phi) is 6.15. The highest BCUT2D eigenvalue weighted by Gasteiger charge is 2.08. The van der Waals surface area contributed by atoms with E-state index in [4.69, 9.17) is 9.84 Å². The second-order valence-corrected chi connectivity index (χ2v) is 4.82. The van der Waals surface area contributed by atoms with Crippen LogP contribution in [-0.4, -0.2) is 17.7 Å². The van der Waals surface area contributed by atoms with Crippen molar-refractivity contribution < 1.29 is 23.4 Å². The minimum atomic E-state index is -0.935. The lowest BCUT2D eigenvalue weighted by Crippen LogP contribution is -2.24. The third-order valence-electron chi connectivity index (χ3n) is 2.97. The van der Waals surface area contributed by atoms with E-state index >= 15 is 0 Å². The number of carbonyl (C=O) groups excluding carboxylic acids is 1. The van der Waals surface area contributed by atoms with Gasteiger partial charge in [0.1, 0.15) is 24.0 Å². The van der Waals surface area contributed by atoms with Gasteiger partial charge in [-0.05, 0) is 5.56 Å². The van der Waals surface area contributed by atoms with E-state index in [1.165, 1.54) is 0 Å². The quantitative estimate of drug-likeness (QED) is 0.667. The molecular formula is C18H15F2NO3. The molecule has 0 fully saturated rings. The second kappa shape index (κ2) is 8.53. The van der Waals surface area contributed by atoms with Crippen LogP contribution in [0.5, 0.6) is 5.75 Å². The smallest absolute Gasteiger partial charge is 0.407 e. The molecule has 4 nitrogen and oxygen atoms in total. The zero-order chi connectivity index (χ0) is 17.4. The van der Waals surface area contributed by atoms with E-state index in [1.807, 2.05) is 30.3 Å². The van der Waals surface area contributed by atoms with Gasteiger partial charge in [0.05, 0.1) is 5.56 Å². The summed E-state index contributed by atoms with van der Waals surface area (Å²) in [6, 6.07) is 10.8. The standard InChI is InChI=1S/C18H15F2NO3/c19-16-10-14(22)11-17(20)15(16)8-4-5-9-21-18(23)24-12-13-6-2-1-3-7-13/h1-3,6-7,10-11,22H,5,9,12H2,(H,21,23). The molecule has 0 atom stereocenters. The maximum absolute atomic E-state index is 13.4. The van der Waals surface area contributed by atoms with Crippen LogP contribution < -0.4 is 5.32 Å². The van der Waals surface area contributed by atoms with Crippen LogP contribution in [0.15, 0.2) is 42.5 Å². The molecule has 2 N–H and O–H groups in total. The number of phenolic OH excluding ortho intramolecular Hbond substituents is 1. The lowest BCUT2D eigenvalue weighted by Gasteiger charge is -2.05. The Morgan fingerprint density at radius 1 is 1.17 bits per heavy atom. The summed E-state index contributed by atoms with van der Waals surface area (Å²) >= 11 is 0. The third-order valence-corrected chi connectivity index (χ3v) is 2.97. The van der Waals surface area contributed by atoms with E-state index in [2.05, 4.69) is 17.2 Å². The number of nitrogens with one attached hydrogen (secondary N) is 1. The second-order valence-electron chi connectivity index (χ2n) is 4.82. The number of hydrogen-bond donors (Lipinski definition) is 2. The van der Waals surface area contributed by atoms with E-state index in [-0.39, 0.29) is 19.6 Å². The van der Waals surface area contributed by atoms with E-state index in [0.29, 0.717) is 0 Å². The number of rotatable bonds is 4. The summed E-state index contributed by atoms with van der Waals surface area (Å²) in [5.74, 6) is 2.52. The average Bonchev–Trinajstić information content (AvgIpc) is 2.55. The van der Waals surface area contributed by atoms with Gasteiger partial charge in [-0.25, -0.2) is 13.6 Å². The molecule has 0 bridgehead atoms. The number of amides is 1. The first-order valence-electron chi connectivity index (χ1n) is 7.17. The van der Waals surface area contributed by atoms with Gasteiger partial charge >= 0.3 is 6.09 Å². The molecule has 0 spiro atoms. The Labute approximate surface area is 138 Å². The van der Waals surface area contributed by atoms with Crippen LogP contribution in [0.3, 0.4) is 0 Å². The van der Waals surface area contributed by atoms with E-state index in [9.17, 15) is 13.6 Å². The number of aromatic hydroxyl groups is 1. The normalized spacial score (nSPS) is 9.75. The van der Waals surface area contributed by atoms with Crippen LogP contribution in [-0.2, 0) is 11.3 Å². The van der Waals surface area contributed by atoms with Crippen LogP contribution in [0, 0.1) is 23.5 Å². The summed E-state index contributed by atoms with van der Waals surface area (Å²) < 4.78 is 31.8. The largest absolute Gasteiger partial charge is 0.508 e. The number of hydrogen-bond acceptors (Lipinski definition) is 3. The van der Waals surface area contributed by atoms with E-state index in [0.717, 1.165) is 17.7 Å². The van der Waals surface area contributed by atoms with Crippen LogP contribution in [0.2, 0.25) is 0 Å². The summed E-state index contributed by atoms with van der Waals surface area (Å²) in [4.78, 5) is 11.5. The average molecular weight is 331 g/mol. The lowest BCUT2D eigenvalue weighted by molar-refractivity contribution is 0.140. The van der Waals surface area contributed by atoms with Crippen molar-refractivity contribution in [3.8, 4) is 17.6 Å². The van der Waals surface area contributed by atoms with Crippen molar-refractivity contribution in [3.05, 3.63) is 65.2 Å². The molecule has 0 heterocycles. The molecule has 0 aromatic heterocycles. The molecule has 0 saturated heterocycles. The third kappa shape index (κ3) is 5.29. The van der Waals surface area contributed by atoms with Crippen molar-refractivity contribution in [2.24, 2.45) is 0 Å². The van der Waals surface area contributed by atoms with Crippen LogP contribution >= 0.6 is 0 Å². The Morgan fingerprint density at radius 3 is 2.50 bits per heavy atom. The SMILES string of the molecule is O=C(NCCC#Cc1c(F)cc(O)cc1F)OCc1ccccc1. The minimum absolute atomic E-state index is 0.155. The molecule has 0 radical (unpaired) electrons. The molecule has 24 heavy (non-hydrogen) atoms. The molecule has 1 amide bonds. The van der Waals surface area contributed by atoms with Crippen LogP contribution in [0.25, 0.3) is 0 Å². The molecule has 2 aromatic rings. The number of alkyl carbamates (subject to hydrolysis) is 1. The van der Waals surface area contributed by atoms with Gasteiger partial charge in [-0.1, -0.05) is 42.2 Å². The first-order valence-corrected chi connectivity index (χ1v) is 7.17. The first-order chi connectivity index (χ1) is 11.6. The number of halogens is 2. The summed E-state index contributed by atoms with van der Waals surface area (Å²) in [7, 11) is 0. The summed E-state index contributed by atoms with van der Waals surface area (Å²) in [6.45, 7) is 0.338. The lowest BCUT2D eigenvalue weighted by atomic mass is 10.2. The van der Waals surface area contributed by atoms with Crippen molar-refractivity contribution in [2.45, 2.75) is 13.0 Å². The monoisotopic (exact) mass is 331 g/mol.